The van der Waals surface area contributed by atoms with Crippen molar-refractivity contribution in [2.75, 3.05) is 16.4 Å². The zero-order valence-electron chi connectivity index (χ0n) is 14.0. The minimum atomic E-state index is -3.31. The standard InChI is InChI=1S/C18H25NO4S/c1-13-7-9-15(10-8-13)19(16-11-24(22,23)12-17(16)20)18(21)14-5-3-2-4-6-14/h7-10,14,16-17,20H,2-6,11-12H2,1H3/t16-,17+/m1/s1. The molecule has 6 heteroatoms. The monoisotopic (exact) mass is 351 g/mol. The van der Waals surface area contributed by atoms with E-state index in [-0.39, 0.29) is 23.3 Å². The third kappa shape index (κ3) is 3.64. The number of carbonyl (C=O) groups is 1. The Morgan fingerprint density at radius 3 is 2.25 bits per heavy atom. The number of aliphatic hydroxyl groups is 1. The number of hydrogen-bond acceptors (Lipinski definition) is 4. The first-order valence-electron chi connectivity index (χ1n) is 8.65. The van der Waals surface area contributed by atoms with E-state index in [1.54, 1.807) is 4.90 Å². The molecule has 1 aromatic rings. The van der Waals surface area contributed by atoms with Crippen LogP contribution in [0.3, 0.4) is 0 Å². The molecule has 1 saturated carbocycles. The van der Waals surface area contributed by atoms with Gasteiger partial charge in [0.25, 0.3) is 0 Å². The number of rotatable bonds is 3. The number of amides is 1. The molecule has 24 heavy (non-hydrogen) atoms. The van der Waals surface area contributed by atoms with Gasteiger partial charge in [-0.15, -0.1) is 0 Å². The molecule has 1 aromatic carbocycles. The van der Waals surface area contributed by atoms with Gasteiger partial charge in [-0.3, -0.25) is 4.79 Å². The Hall–Kier alpha value is -1.40. The van der Waals surface area contributed by atoms with Crippen LogP contribution in [0.1, 0.15) is 37.7 Å². The first kappa shape index (κ1) is 17.4. The molecule has 0 radical (unpaired) electrons. The van der Waals surface area contributed by atoms with Crippen molar-refractivity contribution >= 4 is 21.4 Å². The number of benzene rings is 1. The second kappa shape index (κ2) is 6.84. The molecule has 0 unspecified atom stereocenters. The average molecular weight is 351 g/mol. The topological polar surface area (TPSA) is 74.7 Å². The average Bonchev–Trinajstić information content (AvgIpc) is 2.83. The molecule has 1 amide bonds. The molecule has 0 spiro atoms. The van der Waals surface area contributed by atoms with Crippen LogP contribution >= 0.6 is 0 Å². The highest BCUT2D eigenvalue weighted by Crippen LogP contribution is 2.31. The van der Waals surface area contributed by atoms with Crippen molar-refractivity contribution in [3.63, 3.8) is 0 Å². The quantitative estimate of drug-likeness (QED) is 0.905. The van der Waals surface area contributed by atoms with E-state index in [0.717, 1.165) is 37.7 Å². The highest BCUT2D eigenvalue weighted by atomic mass is 32.2. The van der Waals surface area contributed by atoms with Gasteiger partial charge in [0.15, 0.2) is 9.84 Å². The molecule has 132 valence electrons. The van der Waals surface area contributed by atoms with Crippen LogP contribution in [0.5, 0.6) is 0 Å². The Morgan fingerprint density at radius 2 is 1.71 bits per heavy atom. The maximum Gasteiger partial charge on any atom is 0.230 e. The summed E-state index contributed by atoms with van der Waals surface area (Å²) in [6, 6.07) is 6.81. The molecular formula is C18H25NO4S. The molecule has 2 fully saturated rings. The molecule has 3 rings (SSSR count). The minimum Gasteiger partial charge on any atom is -0.390 e. The zero-order chi connectivity index (χ0) is 17.3. The molecule has 5 nitrogen and oxygen atoms in total. The van der Waals surface area contributed by atoms with E-state index in [4.69, 9.17) is 0 Å². The Balaban J connectivity index is 1.94. The maximum atomic E-state index is 13.1. The first-order chi connectivity index (χ1) is 11.4. The van der Waals surface area contributed by atoms with E-state index < -0.39 is 22.0 Å². The van der Waals surface area contributed by atoms with Crippen LogP contribution in [-0.4, -0.2) is 43.1 Å². The van der Waals surface area contributed by atoms with Crippen LogP contribution in [0.15, 0.2) is 24.3 Å². The van der Waals surface area contributed by atoms with Crippen LogP contribution in [0.2, 0.25) is 0 Å². The summed E-state index contributed by atoms with van der Waals surface area (Å²) in [5.41, 5.74) is 1.75. The summed E-state index contributed by atoms with van der Waals surface area (Å²) >= 11 is 0. The van der Waals surface area contributed by atoms with Crippen molar-refractivity contribution in [1.29, 1.82) is 0 Å². The molecule has 0 bridgehead atoms. The first-order valence-corrected chi connectivity index (χ1v) is 10.5. The van der Waals surface area contributed by atoms with Crippen molar-refractivity contribution in [2.24, 2.45) is 5.92 Å². The SMILES string of the molecule is Cc1ccc(N(C(=O)C2CCCCC2)[C@@H]2CS(=O)(=O)C[C@@H]2O)cc1. The number of aryl methyl sites for hydroxylation is 1. The van der Waals surface area contributed by atoms with Crippen LogP contribution < -0.4 is 4.90 Å². The molecule has 1 aliphatic carbocycles. The summed E-state index contributed by atoms with van der Waals surface area (Å²) in [6.45, 7) is 1.96. The van der Waals surface area contributed by atoms with E-state index in [1.165, 1.54) is 0 Å². The highest BCUT2D eigenvalue weighted by Gasteiger charge is 2.43. The lowest BCUT2D eigenvalue weighted by atomic mass is 9.87. The lowest BCUT2D eigenvalue weighted by Crippen LogP contribution is -2.49. The van der Waals surface area contributed by atoms with Gasteiger partial charge in [-0.1, -0.05) is 37.0 Å². The molecule has 0 aromatic heterocycles. The second-order valence-electron chi connectivity index (χ2n) is 7.09. The number of carbonyl (C=O) groups excluding carboxylic acids is 1. The smallest absolute Gasteiger partial charge is 0.230 e. The fourth-order valence-corrected chi connectivity index (χ4v) is 5.56. The van der Waals surface area contributed by atoms with Crippen LogP contribution in [-0.2, 0) is 14.6 Å². The highest BCUT2D eigenvalue weighted by molar-refractivity contribution is 7.91. The van der Waals surface area contributed by atoms with Crippen molar-refractivity contribution in [1.82, 2.24) is 0 Å². The van der Waals surface area contributed by atoms with Crippen LogP contribution in [0.4, 0.5) is 5.69 Å². The fraction of sp³-hybridized carbons (Fsp3) is 0.611. The van der Waals surface area contributed by atoms with Gasteiger partial charge < -0.3 is 10.0 Å². The van der Waals surface area contributed by atoms with Gasteiger partial charge in [-0.05, 0) is 31.9 Å². The van der Waals surface area contributed by atoms with Gasteiger partial charge >= 0.3 is 0 Å². The van der Waals surface area contributed by atoms with Crippen LogP contribution in [0, 0.1) is 12.8 Å². The maximum absolute atomic E-state index is 13.1. The van der Waals surface area contributed by atoms with Gasteiger partial charge in [-0.2, -0.15) is 0 Å². The molecule has 2 aliphatic rings. The lowest BCUT2D eigenvalue weighted by molar-refractivity contribution is -0.124. The second-order valence-corrected chi connectivity index (χ2v) is 9.24. The number of sulfone groups is 1. The molecule has 1 heterocycles. The number of hydrogen-bond donors (Lipinski definition) is 1. The van der Waals surface area contributed by atoms with Crippen molar-refractivity contribution in [3.05, 3.63) is 29.8 Å². The van der Waals surface area contributed by atoms with Crippen molar-refractivity contribution < 1.29 is 18.3 Å². The predicted octanol–water partition coefficient (Wildman–Crippen LogP) is 2.07. The number of aliphatic hydroxyl groups excluding tert-OH is 1. The molecule has 1 saturated heterocycles. The fourth-order valence-electron chi connectivity index (χ4n) is 3.79. The summed E-state index contributed by atoms with van der Waals surface area (Å²) in [7, 11) is -3.31. The predicted molar refractivity (Wildman–Crippen MR) is 93.7 cm³/mol. The van der Waals surface area contributed by atoms with Crippen LogP contribution in [0.25, 0.3) is 0 Å². The normalized spacial score (nSPS) is 27.1. The largest absolute Gasteiger partial charge is 0.390 e. The summed E-state index contributed by atoms with van der Waals surface area (Å²) < 4.78 is 23.9. The van der Waals surface area contributed by atoms with Gasteiger partial charge in [0.1, 0.15) is 0 Å². The van der Waals surface area contributed by atoms with E-state index in [0.29, 0.717) is 5.69 Å². The Bertz CT molecular complexity index is 692. The van der Waals surface area contributed by atoms with Gasteiger partial charge in [0, 0.05) is 11.6 Å². The third-order valence-electron chi connectivity index (χ3n) is 5.13. The van der Waals surface area contributed by atoms with Crippen molar-refractivity contribution in [3.8, 4) is 0 Å². The number of nitrogens with zero attached hydrogens (tertiary/aromatic N) is 1. The van der Waals surface area contributed by atoms with E-state index in [1.807, 2.05) is 31.2 Å². The van der Waals surface area contributed by atoms with E-state index >= 15 is 0 Å². The molecule has 2 atom stereocenters. The van der Waals surface area contributed by atoms with Gasteiger partial charge in [-0.25, -0.2) is 8.42 Å². The summed E-state index contributed by atoms with van der Waals surface area (Å²) in [5.74, 6) is -0.548. The molecular weight excluding hydrogens is 326 g/mol. The van der Waals surface area contributed by atoms with Gasteiger partial charge in [0.2, 0.25) is 5.91 Å². The summed E-state index contributed by atoms with van der Waals surface area (Å²) in [4.78, 5) is 14.7. The lowest BCUT2D eigenvalue weighted by Gasteiger charge is -2.34. The summed E-state index contributed by atoms with van der Waals surface area (Å²) in [5, 5.41) is 10.3. The zero-order valence-corrected chi connectivity index (χ0v) is 14.8. The summed E-state index contributed by atoms with van der Waals surface area (Å²) in [6.07, 6.45) is 3.87. The number of anilines is 1. The minimum absolute atomic E-state index is 0.0419. The Morgan fingerprint density at radius 1 is 1.08 bits per heavy atom. The Kier molecular flexibility index (Phi) is 4.97. The van der Waals surface area contributed by atoms with Gasteiger partial charge in [0.05, 0.1) is 23.7 Å². The van der Waals surface area contributed by atoms with E-state index in [9.17, 15) is 18.3 Å². The Labute approximate surface area is 143 Å². The van der Waals surface area contributed by atoms with Crippen molar-refractivity contribution in [2.45, 2.75) is 51.2 Å². The molecule has 1 aliphatic heterocycles. The third-order valence-corrected chi connectivity index (χ3v) is 6.83. The molecule has 1 N–H and O–H groups in total. The van der Waals surface area contributed by atoms with E-state index in [2.05, 4.69) is 0 Å².